The fourth-order valence-corrected chi connectivity index (χ4v) is 2.54. The average molecular weight is 396 g/mol. The van der Waals surface area contributed by atoms with Crippen molar-refractivity contribution in [1.82, 2.24) is 9.78 Å². The third-order valence-electron chi connectivity index (χ3n) is 3.57. The molecule has 1 amide bonds. The normalized spacial score (nSPS) is 10.9. The maximum atomic E-state index is 13.1. The summed E-state index contributed by atoms with van der Waals surface area (Å²) in [5.41, 5.74) is 0.932. The molecule has 1 heterocycles. The first-order chi connectivity index (χ1) is 12.9. The molecule has 9 heteroatoms. The summed E-state index contributed by atoms with van der Waals surface area (Å²) in [4.78, 5) is 12.2. The van der Waals surface area contributed by atoms with Crippen LogP contribution in [0.1, 0.15) is 15.9 Å². The average Bonchev–Trinajstić information content (AvgIpc) is 3.04. The molecule has 0 aliphatic heterocycles. The fourth-order valence-electron chi connectivity index (χ4n) is 2.32. The third-order valence-corrected chi connectivity index (χ3v) is 3.92. The number of hydrogen-bond donors (Lipinski definition) is 1. The van der Waals surface area contributed by atoms with E-state index in [1.165, 1.54) is 41.1 Å². The predicted molar refractivity (Wildman–Crippen MR) is 93.8 cm³/mol. The number of carbonyl (C=O) groups is 1. The van der Waals surface area contributed by atoms with E-state index in [9.17, 15) is 18.0 Å². The molecule has 140 valence electrons. The van der Waals surface area contributed by atoms with Crippen LogP contribution in [0.5, 0.6) is 5.75 Å². The molecule has 3 aromatic rings. The van der Waals surface area contributed by atoms with E-state index in [1.54, 1.807) is 18.3 Å². The Morgan fingerprint density at radius 3 is 2.59 bits per heavy atom. The molecule has 1 aromatic heterocycles. The second kappa shape index (κ2) is 8.13. The SMILES string of the molecule is O=C(Nc1ccn(Cc2ccc(F)cc2Cl)n1)c1ccc(OC(F)F)cc1. The summed E-state index contributed by atoms with van der Waals surface area (Å²) in [6.45, 7) is -2.63. The van der Waals surface area contributed by atoms with E-state index in [2.05, 4.69) is 15.2 Å². The van der Waals surface area contributed by atoms with Crippen LogP contribution in [0, 0.1) is 5.82 Å². The number of hydrogen-bond acceptors (Lipinski definition) is 3. The van der Waals surface area contributed by atoms with Crippen molar-refractivity contribution in [3.05, 3.63) is 76.7 Å². The van der Waals surface area contributed by atoms with Crippen molar-refractivity contribution in [3.8, 4) is 5.75 Å². The maximum absolute atomic E-state index is 13.1. The smallest absolute Gasteiger partial charge is 0.387 e. The van der Waals surface area contributed by atoms with Gasteiger partial charge in [-0.25, -0.2) is 4.39 Å². The molecule has 27 heavy (non-hydrogen) atoms. The van der Waals surface area contributed by atoms with Crippen LogP contribution in [-0.4, -0.2) is 22.3 Å². The molecule has 1 N–H and O–H groups in total. The highest BCUT2D eigenvalue weighted by molar-refractivity contribution is 6.31. The van der Waals surface area contributed by atoms with Crippen LogP contribution in [0.4, 0.5) is 19.0 Å². The number of aromatic nitrogens is 2. The van der Waals surface area contributed by atoms with Crippen LogP contribution < -0.4 is 10.1 Å². The third kappa shape index (κ3) is 5.01. The zero-order valence-electron chi connectivity index (χ0n) is 13.7. The number of carbonyl (C=O) groups excluding carboxylic acids is 1. The van der Waals surface area contributed by atoms with E-state index in [0.717, 1.165) is 0 Å². The van der Waals surface area contributed by atoms with Gasteiger partial charge in [0.15, 0.2) is 5.82 Å². The Labute approximate surface area is 157 Å². The number of ether oxygens (including phenoxy) is 1. The number of nitrogens with one attached hydrogen (secondary N) is 1. The van der Waals surface area contributed by atoms with Crippen LogP contribution >= 0.6 is 11.6 Å². The Morgan fingerprint density at radius 1 is 1.19 bits per heavy atom. The summed E-state index contributed by atoms with van der Waals surface area (Å²) < 4.78 is 43.1. The van der Waals surface area contributed by atoms with Gasteiger partial charge < -0.3 is 10.1 Å². The molecule has 0 bridgehead atoms. The van der Waals surface area contributed by atoms with Crippen LogP contribution in [0.3, 0.4) is 0 Å². The van der Waals surface area contributed by atoms with Crippen LogP contribution in [0.2, 0.25) is 5.02 Å². The van der Waals surface area contributed by atoms with E-state index in [1.807, 2.05) is 0 Å². The number of alkyl halides is 2. The standard InChI is InChI=1S/C18H13ClF3N3O2/c19-15-9-13(20)4-1-12(15)10-25-8-7-16(24-25)23-17(26)11-2-5-14(6-3-11)27-18(21)22/h1-9,18H,10H2,(H,23,24,26). The van der Waals surface area contributed by atoms with E-state index < -0.39 is 18.3 Å². The lowest BCUT2D eigenvalue weighted by Crippen LogP contribution is -2.13. The van der Waals surface area contributed by atoms with Crippen molar-refractivity contribution >= 4 is 23.3 Å². The quantitative estimate of drug-likeness (QED) is 0.664. The van der Waals surface area contributed by atoms with Crippen molar-refractivity contribution in [2.75, 3.05) is 5.32 Å². The molecule has 2 aromatic carbocycles. The molecule has 3 rings (SSSR count). The number of rotatable bonds is 6. The number of halogens is 4. The molecular weight excluding hydrogens is 383 g/mol. The minimum absolute atomic E-state index is 0.0398. The van der Waals surface area contributed by atoms with Gasteiger partial charge >= 0.3 is 6.61 Å². The Morgan fingerprint density at radius 2 is 1.93 bits per heavy atom. The molecule has 0 fully saturated rings. The first-order valence-corrected chi connectivity index (χ1v) is 8.12. The van der Waals surface area contributed by atoms with Crippen LogP contribution in [-0.2, 0) is 6.54 Å². The Hall–Kier alpha value is -3.00. The summed E-state index contributed by atoms with van der Waals surface area (Å²) >= 11 is 5.99. The molecule has 0 unspecified atom stereocenters. The number of anilines is 1. The van der Waals surface area contributed by atoms with Crippen LogP contribution in [0.15, 0.2) is 54.7 Å². The molecular formula is C18H13ClF3N3O2. The molecule has 5 nitrogen and oxygen atoms in total. The monoisotopic (exact) mass is 395 g/mol. The summed E-state index contributed by atoms with van der Waals surface area (Å²) in [6, 6.07) is 10.9. The summed E-state index contributed by atoms with van der Waals surface area (Å²) in [7, 11) is 0. The Balaban J connectivity index is 1.63. The summed E-state index contributed by atoms with van der Waals surface area (Å²) in [5.74, 6) is -0.626. The van der Waals surface area contributed by atoms with Gasteiger partial charge in [-0.2, -0.15) is 13.9 Å². The van der Waals surface area contributed by atoms with E-state index in [4.69, 9.17) is 11.6 Å². The molecule has 0 aliphatic carbocycles. The first kappa shape index (κ1) is 18.8. The molecule has 0 radical (unpaired) electrons. The van der Waals surface area contributed by atoms with Gasteiger partial charge in [0, 0.05) is 22.8 Å². The van der Waals surface area contributed by atoms with Gasteiger partial charge in [0.05, 0.1) is 6.54 Å². The van der Waals surface area contributed by atoms with Crippen LogP contribution in [0.25, 0.3) is 0 Å². The van der Waals surface area contributed by atoms with Gasteiger partial charge in [0.2, 0.25) is 0 Å². The topological polar surface area (TPSA) is 56.2 Å². The predicted octanol–water partition coefficient (Wildman–Crippen LogP) is 4.58. The number of nitrogens with zero attached hydrogens (tertiary/aromatic N) is 2. The Kier molecular flexibility index (Phi) is 5.66. The van der Waals surface area contributed by atoms with Crippen molar-refractivity contribution in [3.63, 3.8) is 0 Å². The zero-order chi connectivity index (χ0) is 19.4. The van der Waals surface area contributed by atoms with Gasteiger partial charge in [-0.3, -0.25) is 9.48 Å². The van der Waals surface area contributed by atoms with Crippen molar-refractivity contribution in [2.24, 2.45) is 0 Å². The second-order valence-electron chi connectivity index (χ2n) is 5.49. The molecule has 0 saturated heterocycles. The number of amides is 1. The summed E-state index contributed by atoms with van der Waals surface area (Å²) in [6.07, 6.45) is 1.63. The highest BCUT2D eigenvalue weighted by Crippen LogP contribution is 2.19. The van der Waals surface area contributed by atoms with Crippen molar-refractivity contribution < 1.29 is 22.7 Å². The lowest BCUT2D eigenvalue weighted by atomic mass is 10.2. The minimum atomic E-state index is -2.93. The number of benzene rings is 2. The van der Waals surface area contributed by atoms with Gasteiger partial charge in [-0.1, -0.05) is 17.7 Å². The van der Waals surface area contributed by atoms with Gasteiger partial charge in [-0.05, 0) is 42.0 Å². The summed E-state index contributed by atoms with van der Waals surface area (Å²) in [5, 5.41) is 7.08. The van der Waals surface area contributed by atoms with E-state index >= 15 is 0 Å². The zero-order valence-corrected chi connectivity index (χ0v) is 14.5. The maximum Gasteiger partial charge on any atom is 0.387 e. The van der Waals surface area contributed by atoms with E-state index in [0.29, 0.717) is 17.9 Å². The highest BCUT2D eigenvalue weighted by Gasteiger charge is 2.10. The molecule has 0 atom stereocenters. The second-order valence-corrected chi connectivity index (χ2v) is 5.90. The molecule has 0 saturated carbocycles. The lowest BCUT2D eigenvalue weighted by molar-refractivity contribution is -0.0498. The fraction of sp³-hybridized carbons (Fsp3) is 0.111. The van der Waals surface area contributed by atoms with Crippen molar-refractivity contribution in [1.29, 1.82) is 0 Å². The van der Waals surface area contributed by atoms with Crippen molar-refractivity contribution in [2.45, 2.75) is 13.2 Å². The lowest BCUT2D eigenvalue weighted by Gasteiger charge is -2.06. The van der Waals surface area contributed by atoms with Gasteiger partial charge in [0.25, 0.3) is 5.91 Å². The van der Waals surface area contributed by atoms with Gasteiger partial charge in [0.1, 0.15) is 11.6 Å². The minimum Gasteiger partial charge on any atom is -0.435 e. The largest absolute Gasteiger partial charge is 0.435 e. The Bertz CT molecular complexity index is 945. The van der Waals surface area contributed by atoms with E-state index in [-0.39, 0.29) is 16.3 Å². The highest BCUT2D eigenvalue weighted by atomic mass is 35.5. The molecule has 0 aliphatic rings. The first-order valence-electron chi connectivity index (χ1n) is 7.74. The van der Waals surface area contributed by atoms with Gasteiger partial charge in [-0.15, -0.1) is 0 Å². The molecule has 0 spiro atoms.